The molecule has 0 aromatic carbocycles. The first-order chi connectivity index (χ1) is 7.83. The van der Waals surface area contributed by atoms with Crippen molar-refractivity contribution in [2.75, 3.05) is 0 Å². The van der Waals surface area contributed by atoms with Crippen LogP contribution >= 0.6 is 0 Å². The SMILES string of the molecule is CC(CC(N)N=C=O)CC(C)(C)C(N)N=C=O. The van der Waals surface area contributed by atoms with Crippen LogP contribution in [0.15, 0.2) is 9.98 Å². The van der Waals surface area contributed by atoms with E-state index in [9.17, 15) is 9.59 Å². The predicted molar refractivity (Wildman–Crippen MR) is 64.4 cm³/mol. The maximum atomic E-state index is 10.2. The van der Waals surface area contributed by atoms with Crippen LogP contribution in [0.4, 0.5) is 0 Å². The van der Waals surface area contributed by atoms with Crippen LogP contribution in [-0.4, -0.2) is 24.5 Å². The zero-order valence-corrected chi connectivity index (χ0v) is 10.5. The van der Waals surface area contributed by atoms with Crippen LogP contribution in [0.2, 0.25) is 0 Å². The van der Waals surface area contributed by atoms with Crippen LogP contribution in [0, 0.1) is 11.3 Å². The van der Waals surface area contributed by atoms with Crippen molar-refractivity contribution in [3.8, 4) is 0 Å². The summed E-state index contributed by atoms with van der Waals surface area (Å²) in [5, 5.41) is 0. The van der Waals surface area contributed by atoms with Gasteiger partial charge in [-0.15, -0.1) is 0 Å². The number of rotatable bonds is 7. The van der Waals surface area contributed by atoms with Gasteiger partial charge in [-0.05, 0) is 18.8 Å². The summed E-state index contributed by atoms with van der Waals surface area (Å²) >= 11 is 0. The molecule has 0 aromatic heterocycles. The van der Waals surface area contributed by atoms with E-state index in [1.165, 1.54) is 12.2 Å². The summed E-state index contributed by atoms with van der Waals surface area (Å²) in [5.41, 5.74) is 11.0. The first kappa shape index (κ1) is 15.7. The zero-order valence-electron chi connectivity index (χ0n) is 10.5. The lowest BCUT2D eigenvalue weighted by molar-refractivity contribution is 0.216. The van der Waals surface area contributed by atoms with Gasteiger partial charge >= 0.3 is 0 Å². The molecule has 6 heteroatoms. The average molecular weight is 240 g/mol. The molecule has 3 atom stereocenters. The van der Waals surface area contributed by atoms with Gasteiger partial charge in [-0.2, -0.15) is 9.98 Å². The first-order valence-electron chi connectivity index (χ1n) is 5.48. The molecule has 3 unspecified atom stereocenters. The Morgan fingerprint density at radius 1 is 1.18 bits per heavy atom. The van der Waals surface area contributed by atoms with E-state index in [4.69, 9.17) is 11.5 Å². The molecule has 4 N–H and O–H groups in total. The van der Waals surface area contributed by atoms with E-state index in [0.29, 0.717) is 6.42 Å². The third-order valence-corrected chi connectivity index (χ3v) is 2.73. The number of nitrogens with two attached hydrogens (primary N) is 2. The molecule has 0 heterocycles. The van der Waals surface area contributed by atoms with E-state index in [2.05, 4.69) is 9.98 Å². The summed E-state index contributed by atoms with van der Waals surface area (Å²) in [6.07, 6.45) is 3.06. The summed E-state index contributed by atoms with van der Waals surface area (Å²) in [4.78, 5) is 27.1. The van der Waals surface area contributed by atoms with Crippen molar-refractivity contribution < 1.29 is 9.59 Å². The molecule has 0 spiro atoms. The van der Waals surface area contributed by atoms with E-state index in [1.54, 1.807) is 0 Å². The van der Waals surface area contributed by atoms with E-state index >= 15 is 0 Å². The Labute approximate surface area is 101 Å². The largest absolute Gasteiger partial charge is 0.309 e. The van der Waals surface area contributed by atoms with Crippen molar-refractivity contribution in [1.29, 1.82) is 0 Å². The number of nitrogens with zero attached hydrogens (tertiary/aromatic N) is 2. The van der Waals surface area contributed by atoms with Crippen LogP contribution in [0.25, 0.3) is 0 Å². The Balaban J connectivity index is 4.40. The highest BCUT2D eigenvalue weighted by Gasteiger charge is 2.28. The fraction of sp³-hybridized carbons (Fsp3) is 0.818. The molecule has 96 valence electrons. The fourth-order valence-electron chi connectivity index (χ4n) is 1.87. The van der Waals surface area contributed by atoms with Gasteiger partial charge in [0.2, 0.25) is 12.2 Å². The van der Waals surface area contributed by atoms with Crippen molar-refractivity contribution in [2.45, 2.75) is 45.9 Å². The number of carbonyl (C=O) groups excluding carboxylic acids is 2. The minimum Gasteiger partial charge on any atom is -0.309 e. The smallest absolute Gasteiger partial charge is 0.236 e. The predicted octanol–water partition coefficient (Wildman–Crippen LogP) is 0.670. The lowest BCUT2D eigenvalue weighted by Gasteiger charge is -2.31. The first-order valence-corrected chi connectivity index (χ1v) is 5.48. The lowest BCUT2D eigenvalue weighted by atomic mass is 9.79. The Kier molecular flexibility index (Phi) is 6.54. The third-order valence-electron chi connectivity index (χ3n) is 2.73. The van der Waals surface area contributed by atoms with Crippen LogP contribution in [0.3, 0.4) is 0 Å². The molecule has 0 rings (SSSR count). The topological polar surface area (TPSA) is 111 Å². The normalized spacial score (nSPS) is 16.3. The maximum Gasteiger partial charge on any atom is 0.236 e. The summed E-state index contributed by atoms with van der Waals surface area (Å²) in [7, 11) is 0. The van der Waals surface area contributed by atoms with Gasteiger partial charge in [0.1, 0.15) is 12.3 Å². The summed E-state index contributed by atoms with van der Waals surface area (Å²) in [5.74, 6) is 0.213. The van der Waals surface area contributed by atoms with Gasteiger partial charge in [-0.3, -0.25) is 0 Å². The van der Waals surface area contributed by atoms with Gasteiger partial charge in [0.15, 0.2) is 0 Å². The van der Waals surface area contributed by atoms with Crippen LogP contribution in [0.5, 0.6) is 0 Å². The fourth-order valence-corrected chi connectivity index (χ4v) is 1.87. The molecular weight excluding hydrogens is 220 g/mol. The van der Waals surface area contributed by atoms with E-state index in [-0.39, 0.29) is 11.3 Å². The van der Waals surface area contributed by atoms with Crippen LogP contribution in [0.1, 0.15) is 33.6 Å². The maximum absolute atomic E-state index is 10.2. The quantitative estimate of drug-likeness (QED) is 0.503. The second-order valence-electron chi connectivity index (χ2n) is 4.99. The number of aliphatic imine (C=N–C) groups is 2. The molecule has 0 aromatic rings. The minimum absolute atomic E-state index is 0.213. The van der Waals surface area contributed by atoms with Gasteiger partial charge in [0.25, 0.3) is 0 Å². The Hall–Kier alpha value is -1.32. The average Bonchev–Trinajstić information content (AvgIpc) is 2.16. The molecule has 0 saturated heterocycles. The second-order valence-corrected chi connectivity index (χ2v) is 4.99. The molecule has 0 amide bonds. The molecule has 17 heavy (non-hydrogen) atoms. The van der Waals surface area contributed by atoms with Crippen molar-refractivity contribution in [1.82, 2.24) is 0 Å². The Morgan fingerprint density at radius 2 is 1.71 bits per heavy atom. The highest BCUT2D eigenvalue weighted by Crippen LogP contribution is 2.30. The van der Waals surface area contributed by atoms with Crippen molar-refractivity contribution in [3.63, 3.8) is 0 Å². The van der Waals surface area contributed by atoms with Crippen molar-refractivity contribution in [3.05, 3.63) is 0 Å². The van der Waals surface area contributed by atoms with E-state index in [1.807, 2.05) is 20.8 Å². The molecule has 0 fully saturated rings. The van der Waals surface area contributed by atoms with E-state index < -0.39 is 12.3 Å². The monoisotopic (exact) mass is 240 g/mol. The van der Waals surface area contributed by atoms with Gasteiger partial charge in [0.05, 0.1) is 0 Å². The van der Waals surface area contributed by atoms with Crippen LogP contribution in [-0.2, 0) is 9.59 Å². The Morgan fingerprint density at radius 3 is 2.18 bits per heavy atom. The molecular formula is C11H20N4O2. The van der Waals surface area contributed by atoms with Crippen molar-refractivity contribution in [2.24, 2.45) is 32.8 Å². The highest BCUT2D eigenvalue weighted by atomic mass is 16.1. The van der Waals surface area contributed by atoms with Gasteiger partial charge in [-0.25, -0.2) is 9.59 Å². The molecule has 0 bridgehead atoms. The zero-order chi connectivity index (χ0) is 13.5. The molecule has 0 radical (unpaired) electrons. The Bertz CT molecular complexity index is 330. The standard InChI is InChI=1S/C11H20N4O2/c1-8(4-9(12)14-6-16)5-11(2,3)10(13)15-7-17/h8-10H,4-5,12-13H2,1-3H3. The second kappa shape index (κ2) is 7.09. The lowest BCUT2D eigenvalue weighted by Crippen LogP contribution is -2.37. The molecule has 0 aliphatic rings. The van der Waals surface area contributed by atoms with E-state index in [0.717, 1.165) is 6.42 Å². The number of isocyanates is 2. The third kappa shape index (κ3) is 6.09. The van der Waals surface area contributed by atoms with Gasteiger partial charge in [-0.1, -0.05) is 20.8 Å². The molecule has 6 nitrogen and oxygen atoms in total. The minimum atomic E-state index is -0.590. The number of hydrogen-bond acceptors (Lipinski definition) is 6. The van der Waals surface area contributed by atoms with Crippen LogP contribution < -0.4 is 11.5 Å². The molecule has 0 saturated carbocycles. The van der Waals surface area contributed by atoms with Crippen molar-refractivity contribution >= 4 is 12.2 Å². The summed E-state index contributed by atoms with van der Waals surface area (Å²) < 4.78 is 0. The molecule has 0 aliphatic heterocycles. The van der Waals surface area contributed by atoms with Gasteiger partial charge < -0.3 is 11.5 Å². The summed E-state index contributed by atoms with van der Waals surface area (Å²) in [6, 6.07) is 0. The summed E-state index contributed by atoms with van der Waals surface area (Å²) in [6.45, 7) is 5.83. The number of hydrogen-bond donors (Lipinski definition) is 2. The molecule has 0 aliphatic carbocycles. The highest BCUT2D eigenvalue weighted by molar-refractivity contribution is 5.33. The van der Waals surface area contributed by atoms with Gasteiger partial charge in [0, 0.05) is 5.41 Å².